The van der Waals surface area contributed by atoms with Gasteiger partial charge in [0.15, 0.2) is 0 Å². The van der Waals surface area contributed by atoms with Crippen LogP contribution in [0.25, 0.3) is 0 Å². The molecule has 0 radical (unpaired) electrons. The number of hydrogen-bond donors (Lipinski definition) is 1. The van der Waals surface area contributed by atoms with E-state index in [2.05, 4.69) is 27.5 Å². The molecule has 0 aliphatic carbocycles. The number of rotatable bonds is 6. The van der Waals surface area contributed by atoms with Gasteiger partial charge in [-0.3, -0.25) is 0 Å². The molecular formula is C14H25N3S. The molecule has 1 unspecified atom stereocenters. The monoisotopic (exact) mass is 267 g/mol. The Morgan fingerprint density at radius 2 is 2.11 bits per heavy atom. The molecule has 1 atom stereocenters. The quantitative estimate of drug-likeness (QED) is 0.858. The third kappa shape index (κ3) is 5.04. The molecule has 0 bridgehead atoms. The third-order valence-electron chi connectivity index (χ3n) is 3.55. The second-order valence-electron chi connectivity index (χ2n) is 5.25. The molecule has 0 aromatic carbocycles. The molecule has 0 saturated carbocycles. The summed E-state index contributed by atoms with van der Waals surface area (Å²) in [6, 6.07) is 0.586. The number of thiazole rings is 1. The minimum Gasteiger partial charge on any atom is -0.313 e. The van der Waals surface area contributed by atoms with Gasteiger partial charge in [0.1, 0.15) is 0 Å². The lowest BCUT2D eigenvalue weighted by Crippen LogP contribution is -2.40. The van der Waals surface area contributed by atoms with E-state index in [-0.39, 0.29) is 0 Å². The van der Waals surface area contributed by atoms with Gasteiger partial charge in [0, 0.05) is 37.1 Å². The highest BCUT2D eigenvalue weighted by molar-refractivity contribution is 7.09. The van der Waals surface area contributed by atoms with Gasteiger partial charge in [-0.05, 0) is 32.9 Å². The van der Waals surface area contributed by atoms with Crippen molar-refractivity contribution in [3.05, 3.63) is 16.6 Å². The largest absolute Gasteiger partial charge is 0.313 e. The van der Waals surface area contributed by atoms with Crippen LogP contribution in [0.1, 0.15) is 37.6 Å². The first-order valence-electron chi connectivity index (χ1n) is 7.19. The zero-order valence-corrected chi connectivity index (χ0v) is 12.2. The predicted molar refractivity (Wildman–Crippen MR) is 78.2 cm³/mol. The number of hydrogen-bond acceptors (Lipinski definition) is 4. The summed E-state index contributed by atoms with van der Waals surface area (Å²) in [4.78, 5) is 6.93. The topological polar surface area (TPSA) is 28.2 Å². The van der Waals surface area contributed by atoms with Crippen molar-refractivity contribution >= 4 is 11.3 Å². The van der Waals surface area contributed by atoms with Crippen molar-refractivity contribution in [2.24, 2.45) is 0 Å². The Kier molecular flexibility index (Phi) is 6.11. The molecule has 3 nitrogen and oxygen atoms in total. The zero-order valence-electron chi connectivity index (χ0n) is 11.4. The molecule has 2 rings (SSSR count). The molecule has 2 heterocycles. The molecule has 1 aliphatic heterocycles. The van der Waals surface area contributed by atoms with Crippen LogP contribution in [0.15, 0.2) is 11.6 Å². The van der Waals surface area contributed by atoms with Crippen LogP contribution in [-0.4, -0.2) is 42.1 Å². The van der Waals surface area contributed by atoms with Crippen LogP contribution in [-0.2, 0) is 6.42 Å². The molecule has 4 heteroatoms. The maximum absolute atomic E-state index is 4.31. The van der Waals surface area contributed by atoms with Gasteiger partial charge in [0.2, 0.25) is 0 Å². The van der Waals surface area contributed by atoms with Crippen molar-refractivity contribution in [2.75, 3.05) is 26.2 Å². The second kappa shape index (κ2) is 7.87. The average molecular weight is 267 g/mol. The van der Waals surface area contributed by atoms with E-state index in [1.807, 2.05) is 6.20 Å². The Balaban J connectivity index is 1.60. The Morgan fingerprint density at radius 1 is 1.33 bits per heavy atom. The maximum atomic E-state index is 4.31. The van der Waals surface area contributed by atoms with Crippen LogP contribution >= 0.6 is 11.3 Å². The fourth-order valence-corrected chi connectivity index (χ4v) is 3.19. The Bertz CT molecular complexity index is 305. The van der Waals surface area contributed by atoms with Crippen molar-refractivity contribution in [1.82, 2.24) is 15.2 Å². The summed E-state index contributed by atoms with van der Waals surface area (Å²) in [5.74, 6) is 0. The molecule has 1 saturated heterocycles. The molecule has 102 valence electrons. The zero-order chi connectivity index (χ0) is 12.6. The predicted octanol–water partition coefficient (Wildman–Crippen LogP) is 2.54. The second-order valence-corrected chi connectivity index (χ2v) is 6.22. The van der Waals surface area contributed by atoms with Gasteiger partial charge >= 0.3 is 0 Å². The van der Waals surface area contributed by atoms with Gasteiger partial charge in [0.05, 0.1) is 5.01 Å². The first-order valence-corrected chi connectivity index (χ1v) is 8.06. The van der Waals surface area contributed by atoms with Crippen molar-refractivity contribution in [3.8, 4) is 0 Å². The first-order chi connectivity index (χ1) is 8.84. The molecule has 1 N–H and O–H groups in total. The number of nitrogens with one attached hydrogen (secondary N) is 1. The van der Waals surface area contributed by atoms with Gasteiger partial charge < -0.3 is 10.2 Å². The van der Waals surface area contributed by atoms with Crippen LogP contribution in [0.3, 0.4) is 0 Å². The molecule has 18 heavy (non-hydrogen) atoms. The Hall–Kier alpha value is -0.450. The van der Waals surface area contributed by atoms with Crippen molar-refractivity contribution in [2.45, 2.75) is 45.1 Å². The van der Waals surface area contributed by atoms with E-state index < -0.39 is 0 Å². The molecular weight excluding hydrogens is 242 g/mol. The normalized spacial score (nSPS) is 19.6. The highest BCUT2D eigenvalue weighted by Gasteiger charge is 2.11. The van der Waals surface area contributed by atoms with Crippen LogP contribution < -0.4 is 5.32 Å². The van der Waals surface area contributed by atoms with Gasteiger partial charge in [-0.2, -0.15) is 0 Å². The fraction of sp³-hybridized carbons (Fsp3) is 0.786. The molecule has 1 aromatic heterocycles. The van der Waals surface area contributed by atoms with Crippen molar-refractivity contribution < 1.29 is 0 Å². The molecule has 1 aliphatic rings. The molecule has 0 amide bonds. The van der Waals surface area contributed by atoms with Crippen LogP contribution in [0.5, 0.6) is 0 Å². The van der Waals surface area contributed by atoms with E-state index in [4.69, 9.17) is 0 Å². The summed E-state index contributed by atoms with van der Waals surface area (Å²) < 4.78 is 0. The highest BCUT2D eigenvalue weighted by Crippen LogP contribution is 2.10. The molecule has 1 aromatic rings. The minimum atomic E-state index is 0.586. The standard InChI is InChI=1S/C14H25N3S/c1-13(12-17-9-4-2-3-5-10-17)15-7-6-14-16-8-11-18-14/h8,11,13,15H,2-7,9-10,12H2,1H3. The fourth-order valence-electron chi connectivity index (χ4n) is 2.57. The SMILES string of the molecule is CC(CN1CCCCCC1)NCCc1nccs1. The summed E-state index contributed by atoms with van der Waals surface area (Å²) in [5, 5.41) is 6.91. The van der Waals surface area contributed by atoms with Gasteiger partial charge in [-0.25, -0.2) is 4.98 Å². The number of likely N-dealkylation sites (tertiary alicyclic amines) is 1. The average Bonchev–Trinajstić information content (AvgIpc) is 2.74. The summed E-state index contributed by atoms with van der Waals surface area (Å²) in [6.45, 7) is 7.12. The molecule has 1 fully saturated rings. The van der Waals surface area contributed by atoms with E-state index >= 15 is 0 Å². The number of aromatic nitrogens is 1. The Labute approximate surface area is 115 Å². The summed E-state index contributed by atoms with van der Waals surface area (Å²) in [7, 11) is 0. The van der Waals surface area contributed by atoms with Crippen LogP contribution in [0.4, 0.5) is 0 Å². The van der Waals surface area contributed by atoms with Gasteiger partial charge in [0.25, 0.3) is 0 Å². The van der Waals surface area contributed by atoms with Crippen molar-refractivity contribution in [1.29, 1.82) is 0 Å². The van der Waals surface area contributed by atoms with E-state index in [9.17, 15) is 0 Å². The minimum absolute atomic E-state index is 0.586. The lowest BCUT2D eigenvalue weighted by Gasteiger charge is -2.24. The summed E-state index contributed by atoms with van der Waals surface area (Å²) in [6.07, 6.45) is 8.55. The van der Waals surface area contributed by atoms with Gasteiger partial charge in [-0.1, -0.05) is 12.8 Å². The van der Waals surface area contributed by atoms with E-state index in [1.54, 1.807) is 11.3 Å². The highest BCUT2D eigenvalue weighted by atomic mass is 32.1. The van der Waals surface area contributed by atoms with E-state index in [1.165, 1.54) is 50.3 Å². The lowest BCUT2D eigenvalue weighted by atomic mass is 10.2. The smallest absolute Gasteiger partial charge is 0.0937 e. The van der Waals surface area contributed by atoms with Crippen LogP contribution in [0.2, 0.25) is 0 Å². The molecule has 0 spiro atoms. The first kappa shape index (κ1) is 14.0. The maximum Gasteiger partial charge on any atom is 0.0937 e. The van der Waals surface area contributed by atoms with Crippen LogP contribution in [0, 0.1) is 0 Å². The lowest BCUT2D eigenvalue weighted by molar-refractivity contribution is 0.256. The van der Waals surface area contributed by atoms with Crippen molar-refractivity contribution in [3.63, 3.8) is 0 Å². The van der Waals surface area contributed by atoms with Gasteiger partial charge in [-0.15, -0.1) is 11.3 Å². The third-order valence-corrected chi connectivity index (χ3v) is 4.39. The number of nitrogens with zero attached hydrogens (tertiary/aromatic N) is 2. The van der Waals surface area contributed by atoms with E-state index in [0.717, 1.165) is 13.0 Å². The van der Waals surface area contributed by atoms with E-state index in [0.29, 0.717) is 6.04 Å². The summed E-state index contributed by atoms with van der Waals surface area (Å²) in [5.41, 5.74) is 0. The Morgan fingerprint density at radius 3 is 2.78 bits per heavy atom. The summed E-state index contributed by atoms with van der Waals surface area (Å²) >= 11 is 1.75.